The number of benzene rings is 2. The number of amides is 2. The molecule has 1 unspecified atom stereocenters. The summed E-state index contributed by atoms with van der Waals surface area (Å²) < 4.78 is 0. The number of nitrogens with one attached hydrogen (secondary N) is 1. The number of piperazine rings is 1. The highest BCUT2D eigenvalue weighted by Gasteiger charge is 2.33. The van der Waals surface area contributed by atoms with Gasteiger partial charge < -0.3 is 10.2 Å². The maximum absolute atomic E-state index is 12.7. The fourth-order valence-electron chi connectivity index (χ4n) is 4.28. The van der Waals surface area contributed by atoms with Crippen LogP contribution in [0.25, 0.3) is 11.1 Å². The van der Waals surface area contributed by atoms with E-state index in [9.17, 15) is 9.59 Å². The highest BCUT2D eigenvalue weighted by molar-refractivity contribution is 5.88. The molecule has 2 aliphatic heterocycles. The Bertz CT molecular complexity index is 829. The van der Waals surface area contributed by atoms with Crippen molar-refractivity contribution in [3.63, 3.8) is 0 Å². The molecule has 1 N–H and O–H groups in total. The number of piperidine rings is 1. The Hall–Kier alpha value is -2.66. The molecule has 2 aliphatic rings. The van der Waals surface area contributed by atoms with Crippen molar-refractivity contribution < 1.29 is 9.59 Å². The zero-order chi connectivity index (χ0) is 20.1. The number of carbonyl (C=O) groups is 2. The summed E-state index contributed by atoms with van der Waals surface area (Å²) in [6, 6.07) is 18.4. The van der Waals surface area contributed by atoms with E-state index in [-0.39, 0.29) is 24.3 Å². The lowest BCUT2D eigenvalue weighted by molar-refractivity contribution is -0.139. The highest BCUT2D eigenvalue weighted by atomic mass is 16.2. The number of likely N-dealkylation sites (tertiary alicyclic amines) is 1. The number of hydrogen-bond acceptors (Lipinski definition) is 3. The van der Waals surface area contributed by atoms with Crippen LogP contribution in [0, 0.1) is 0 Å². The van der Waals surface area contributed by atoms with Crippen molar-refractivity contribution >= 4 is 11.8 Å². The zero-order valence-corrected chi connectivity index (χ0v) is 16.8. The molecule has 0 bridgehead atoms. The first-order valence-electron chi connectivity index (χ1n) is 10.6. The van der Waals surface area contributed by atoms with Gasteiger partial charge in [-0.3, -0.25) is 14.5 Å². The summed E-state index contributed by atoms with van der Waals surface area (Å²) in [4.78, 5) is 29.3. The topological polar surface area (TPSA) is 52.7 Å². The molecule has 0 aromatic heterocycles. The van der Waals surface area contributed by atoms with Crippen molar-refractivity contribution in [2.24, 2.45) is 0 Å². The number of nitrogens with zero attached hydrogens (tertiary/aromatic N) is 2. The van der Waals surface area contributed by atoms with E-state index in [1.54, 1.807) is 0 Å². The average Bonchev–Trinajstić information content (AvgIpc) is 2.78. The standard InChI is InChI=1S/C24H29N3O2/c28-23(26-14-5-2-6-15-26)17-22-24(29)25-13-16-27(22)18-19-9-11-21(12-10-19)20-7-3-1-4-8-20/h1,3-4,7-12,22H,2,5-6,13-18H2,(H,25,29). The first kappa shape index (κ1) is 19.6. The van der Waals surface area contributed by atoms with E-state index in [1.807, 2.05) is 23.1 Å². The molecule has 2 amide bonds. The lowest BCUT2D eigenvalue weighted by Gasteiger charge is -2.36. The molecule has 152 valence electrons. The number of carbonyl (C=O) groups excluding carboxylic acids is 2. The van der Waals surface area contributed by atoms with Gasteiger partial charge in [-0.2, -0.15) is 0 Å². The summed E-state index contributed by atoms with van der Waals surface area (Å²) in [6.07, 6.45) is 3.60. The van der Waals surface area contributed by atoms with E-state index in [1.165, 1.54) is 17.5 Å². The molecule has 2 aromatic carbocycles. The van der Waals surface area contributed by atoms with Crippen molar-refractivity contribution in [3.8, 4) is 11.1 Å². The molecule has 0 saturated carbocycles. The minimum Gasteiger partial charge on any atom is -0.353 e. The van der Waals surface area contributed by atoms with Gasteiger partial charge in [0.25, 0.3) is 0 Å². The third kappa shape index (κ3) is 4.85. The first-order chi connectivity index (χ1) is 14.2. The molecular weight excluding hydrogens is 362 g/mol. The van der Waals surface area contributed by atoms with Gasteiger partial charge in [-0.05, 0) is 36.0 Å². The average molecular weight is 392 g/mol. The molecule has 0 radical (unpaired) electrons. The van der Waals surface area contributed by atoms with Crippen molar-refractivity contribution in [1.29, 1.82) is 0 Å². The molecule has 2 saturated heterocycles. The van der Waals surface area contributed by atoms with Gasteiger partial charge in [0.05, 0.1) is 12.5 Å². The van der Waals surface area contributed by atoms with E-state index >= 15 is 0 Å². The monoisotopic (exact) mass is 391 g/mol. The van der Waals surface area contributed by atoms with Gasteiger partial charge in [0.1, 0.15) is 0 Å². The third-order valence-corrected chi connectivity index (χ3v) is 5.97. The Morgan fingerprint density at radius 2 is 1.59 bits per heavy atom. The molecule has 29 heavy (non-hydrogen) atoms. The van der Waals surface area contributed by atoms with Crippen LogP contribution in [0.4, 0.5) is 0 Å². The van der Waals surface area contributed by atoms with Gasteiger partial charge in [-0.1, -0.05) is 54.6 Å². The molecule has 0 aliphatic carbocycles. The lowest BCUT2D eigenvalue weighted by atomic mass is 10.0. The molecule has 4 rings (SSSR count). The van der Waals surface area contributed by atoms with Crippen LogP contribution in [0.15, 0.2) is 54.6 Å². The second kappa shape index (κ2) is 9.23. The van der Waals surface area contributed by atoms with Gasteiger partial charge in [0, 0.05) is 32.7 Å². The molecule has 1 atom stereocenters. The minimum absolute atomic E-state index is 0.0254. The Morgan fingerprint density at radius 3 is 2.31 bits per heavy atom. The number of rotatable bonds is 5. The smallest absolute Gasteiger partial charge is 0.237 e. The highest BCUT2D eigenvalue weighted by Crippen LogP contribution is 2.21. The molecular formula is C24H29N3O2. The Kier molecular flexibility index (Phi) is 6.25. The van der Waals surface area contributed by atoms with Crippen molar-refractivity contribution in [2.45, 2.75) is 38.3 Å². The molecule has 2 aromatic rings. The number of hydrogen-bond donors (Lipinski definition) is 1. The van der Waals surface area contributed by atoms with Crippen LogP contribution in [-0.4, -0.2) is 53.8 Å². The van der Waals surface area contributed by atoms with E-state index in [4.69, 9.17) is 0 Å². The van der Waals surface area contributed by atoms with Crippen LogP contribution in [0.1, 0.15) is 31.2 Å². The summed E-state index contributed by atoms with van der Waals surface area (Å²) in [6.45, 7) is 3.74. The van der Waals surface area contributed by atoms with Gasteiger partial charge in [-0.15, -0.1) is 0 Å². The molecule has 2 fully saturated rings. The SMILES string of the molecule is O=C1NCCN(Cc2ccc(-c3ccccc3)cc2)C1CC(=O)N1CCCCC1. The predicted octanol–water partition coefficient (Wildman–Crippen LogP) is 3.06. The largest absolute Gasteiger partial charge is 0.353 e. The Labute approximate surface area is 172 Å². The summed E-state index contributed by atoms with van der Waals surface area (Å²) in [5, 5.41) is 2.94. The summed E-state index contributed by atoms with van der Waals surface area (Å²) >= 11 is 0. The molecule has 5 nitrogen and oxygen atoms in total. The van der Waals surface area contributed by atoms with Crippen molar-refractivity contribution in [1.82, 2.24) is 15.1 Å². The molecule has 5 heteroatoms. The summed E-state index contributed by atoms with van der Waals surface area (Å²) in [7, 11) is 0. The van der Waals surface area contributed by atoms with Crippen LogP contribution in [0.5, 0.6) is 0 Å². The Morgan fingerprint density at radius 1 is 0.897 bits per heavy atom. The molecule has 0 spiro atoms. The van der Waals surface area contributed by atoms with E-state index < -0.39 is 0 Å². The van der Waals surface area contributed by atoms with E-state index in [0.29, 0.717) is 13.1 Å². The van der Waals surface area contributed by atoms with Gasteiger partial charge in [-0.25, -0.2) is 0 Å². The van der Waals surface area contributed by atoms with Crippen LogP contribution < -0.4 is 5.32 Å². The van der Waals surface area contributed by atoms with Gasteiger partial charge in [0.15, 0.2) is 0 Å². The maximum Gasteiger partial charge on any atom is 0.237 e. The van der Waals surface area contributed by atoms with E-state index in [0.717, 1.165) is 38.0 Å². The summed E-state index contributed by atoms with van der Waals surface area (Å²) in [5.74, 6) is 0.0821. The van der Waals surface area contributed by atoms with Crippen molar-refractivity contribution in [3.05, 3.63) is 60.2 Å². The second-order valence-corrected chi connectivity index (χ2v) is 7.99. The fraction of sp³-hybridized carbons (Fsp3) is 0.417. The Balaban J connectivity index is 1.43. The lowest BCUT2D eigenvalue weighted by Crippen LogP contribution is -2.56. The van der Waals surface area contributed by atoms with Crippen LogP contribution in [-0.2, 0) is 16.1 Å². The van der Waals surface area contributed by atoms with Crippen LogP contribution in [0.3, 0.4) is 0 Å². The molecule has 2 heterocycles. The maximum atomic E-state index is 12.7. The van der Waals surface area contributed by atoms with Crippen LogP contribution in [0.2, 0.25) is 0 Å². The van der Waals surface area contributed by atoms with Crippen LogP contribution >= 0.6 is 0 Å². The zero-order valence-electron chi connectivity index (χ0n) is 16.8. The predicted molar refractivity (Wildman–Crippen MR) is 114 cm³/mol. The first-order valence-corrected chi connectivity index (χ1v) is 10.6. The van der Waals surface area contributed by atoms with Gasteiger partial charge in [0.2, 0.25) is 11.8 Å². The second-order valence-electron chi connectivity index (χ2n) is 7.99. The fourth-order valence-corrected chi connectivity index (χ4v) is 4.28. The van der Waals surface area contributed by atoms with Crippen molar-refractivity contribution in [2.75, 3.05) is 26.2 Å². The summed E-state index contributed by atoms with van der Waals surface area (Å²) in [5.41, 5.74) is 3.54. The third-order valence-electron chi connectivity index (χ3n) is 5.97. The van der Waals surface area contributed by atoms with Gasteiger partial charge >= 0.3 is 0 Å². The normalized spacial score (nSPS) is 20.3. The minimum atomic E-state index is -0.382. The van der Waals surface area contributed by atoms with E-state index in [2.05, 4.69) is 46.6 Å². The quantitative estimate of drug-likeness (QED) is 0.852.